The maximum atomic E-state index is 13.9. The Morgan fingerprint density at radius 2 is 1.94 bits per heavy atom. The van der Waals surface area contributed by atoms with E-state index in [1.807, 2.05) is 12.1 Å². The Balaban J connectivity index is 2.09. The van der Waals surface area contributed by atoms with Crippen LogP contribution in [0.3, 0.4) is 0 Å². The molecular formula is C15H24FNSi. The minimum Gasteiger partial charge on any atom is -0.313 e. The molecule has 0 saturated heterocycles. The van der Waals surface area contributed by atoms with Gasteiger partial charge in [-0.3, -0.25) is 0 Å². The third kappa shape index (κ3) is 4.21. The van der Waals surface area contributed by atoms with E-state index >= 15 is 0 Å². The number of hydrogen-bond donors (Lipinski definition) is 1. The van der Waals surface area contributed by atoms with Crippen molar-refractivity contribution in [1.29, 1.82) is 0 Å². The van der Waals surface area contributed by atoms with Crippen LogP contribution in [0.5, 0.6) is 0 Å². The molecule has 1 saturated carbocycles. The molecule has 1 unspecified atom stereocenters. The highest BCUT2D eigenvalue weighted by molar-refractivity contribution is 6.76. The third-order valence-corrected chi connectivity index (χ3v) is 5.15. The Kier molecular flexibility index (Phi) is 4.23. The summed E-state index contributed by atoms with van der Waals surface area (Å²) in [5, 5.41) is 3.56. The Labute approximate surface area is 111 Å². The van der Waals surface area contributed by atoms with Crippen molar-refractivity contribution in [1.82, 2.24) is 5.32 Å². The lowest BCUT2D eigenvalue weighted by Crippen LogP contribution is -2.30. The number of rotatable bonds is 6. The molecule has 1 fully saturated rings. The molecule has 0 heterocycles. The molecule has 2 rings (SSSR count). The van der Waals surface area contributed by atoms with Crippen LogP contribution < -0.4 is 5.32 Å². The fraction of sp³-hybridized carbons (Fsp3) is 0.600. The molecule has 1 atom stereocenters. The van der Waals surface area contributed by atoms with Crippen molar-refractivity contribution in [3.05, 3.63) is 35.6 Å². The highest BCUT2D eigenvalue weighted by atomic mass is 28.3. The smallest absolute Gasteiger partial charge is 0.126 e. The Bertz CT molecular complexity index is 396. The molecule has 18 heavy (non-hydrogen) atoms. The molecule has 0 radical (unpaired) electrons. The van der Waals surface area contributed by atoms with E-state index in [-0.39, 0.29) is 5.82 Å². The van der Waals surface area contributed by atoms with Crippen molar-refractivity contribution < 1.29 is 4.39 Å². The summed E-state index contributed by atoms with van der Waals surface area (Å²) >= 11 is 0. The standard InChI is InChI=1S/C15H24FNSi/c1-18(2,3)11-12(10-17-13-8-9-13)14-6-4-5-7-15(14)16/h4-7,12-13,17H,8-11H2,1-3H3. The molecule has 1 aliphatic carbocycles. The molecule has 1 N–H and O–H groups in total. The van der Waals surface area contributed by atoms with E-state index in [4.69, 9.17) is 0 Å². The summed E-state index contributed by atoms with van der Waals surface area (Å²) in [6, 6.07) is 9.11. The third-order valence-electron chi connectivity index (χ3n) is 3.43. The average molecular weight is 265 g/mol. The van der Waals surface area contributed by atoms with Crippen LogP contribution in [0, 0.1) is 5.82 Å². The molecular weight excluding hydrogens is 241 g/mol. The fourth-order valence-corrected chi connectivity index (χ4v) is 4.28. The van der Waals surface area contributed by atoms with Gasteiger partial charge < -0.3 is 5.32 Å². The van der Waals surface area contributed by atoms with Crippen LogP contribution in [-0.4, -0.2) is 20.7 Å². The SMILES string of the molecule is C[Si](C)(C)CC(CNC1CC1)c1ccccc1F. The van der Waals surface area contributed by atoms with Crippen molar-refractivity contribution in [2.24, 2.45) is 0 Å². The fourth-order valence-electron chi connectivity index (χ4n) is 2.43. The Morgan fingerprint density at radius 3 is 2.50 bits per heavy atom. The van der Waals surface area contributed by atoms with Gasteiger partial charge >= 0.3 is 0 Å². The zero-order chi connectivity index (χ0) is 13.2. The van der Waals surface area contributed by atoms with Gasteiger partial charge in [0.25, 0.3) is 0 Å². The number of benzene rings is 1. The number of hydrogen-bond acceptors (Lipinski definition) is 1. The van der Waals surface area contributed by atoms with Crippen LogP contribution in [0.25, 0.3) is 0 Å². The predicted molar refractivity (Wildman–Crippen MR) is 78.3 cm³/mol. The first-order chi connectivity index (χ1) is 8.46. The first kappa shape index (κ1) is 13.8. The van der Waals surface area contributed by atoms with Gasteiger partial charge in [0.1, 0.15) is 5.82 Å². The number of nitrogens with one attached hydrogen (secondary N) is 1. The first-order valence-electron chi connectivity index (χ1n) is 6.93. The van der Waals surface area contributed by atoms with Gasteiger partial charge in [-0.25, -0.2) is 4.39 Å². The van der Waals surface area contributed by atoms with E-state index in [1.165, 1.54) is 12.8 Å². The molecule has 0 spiro atoms. The van der Waals surface area contributed by atoms with Gasteiger partial charge in [-0.2, -0.15) is 0 Å². The molecule has 100 valence electrons. The largest absolute Gasteiger partial charge is 0.313 e. The van der Waals surface area contributed by atoms with Crippen molar-refractivity contribution >= 4 is 8.07 Å². The minimum atomic E-state index is -1.18. The van der Waals surface area contributed by atoms with Gasteiger partial charge in [-0.15, -0.1) is 0 Å². The summed E-state index contributed by atoms with van der Waals surface area (Å²) < 4.78 is 13.9. The maximum Gasteiger partial charge on any atom is 0.126 e. The van der Waals surface area contributed by atoms with Gasteiger partial charge in [0.05, 0.1) is 0 Å². The number of halogens is 1. The molecule has 0 bridgehead atoms. The first-order valence-corrected chi connectivity index (χ1v) is 10.6. The molecule has 1 aromatic carbocycles. The highest BCUT2D eigenvalue weighted by Crippen LogP contribution is 2.29. The monoisotopic (exact) mass is 265 g/mol. The van der Waals surface area contributed by atoms with E-state index in [0.29, 0.717) is 12.0 Å². The lowest BCUT2D eigenvalue weighted by atomic mass is 10.0. The minimum absolute atomic E-state index is 0.0432. The normalized spacial score (nSPS) is 17.8. The van der Waals surface area contributed by atoms with Gasteiger partial charge in [0, 0.05) is 20.7 Å². The lowest BCUT2D eigenvalue weighted by molar-refractivity contribution is 0.556. The lowest BCUT2D eigenvalue weighted by Gasteiger charge is -2.25. The summed E-state index contributed by atoms with van der Waals surface area (Å²) in [4.78, 5) is 0. The van der Waals surface area contributed by atoms with Crippen LogP contribution >= 0.6 is 0 Å². The molecule has 0 amide bonds. The van der Waals surface area contributed by atoms with E-state index in [0.717, 1.165) is 18.2 Å². The second kappa shape index (κ2) is 5.53. The van der Waals surface area contributed by atoms with Gasteiger partial charge in [0.15, 0.2) is 0 Å². The average Bonchev–Trinajstić information content (AvgIpc) is 3.07. The van der Waals surface area contributed by atoms with Gasteiger partial charge in [-0.05, 0) is 36.4 Å². The van der Waals surface area contributed by atoms with Crippen LogP contribution in [0.4, 0.5) is 4.39 Å². The topological polar surface area (TPSA) is 12.0 Å². The summed E-state index contributed by atoms with van der Waals surface area (Å²) in [7, 11) is -1.18. The highest BCUT2D eigenvalue weighted by Gasteiger charge is 2.27. The molecule has 1 nitrogen and oxygen atoms in total. The second-order valence-corrected chi connectivity index (χ2v) is 12.2. The maximum absolute atomic E-state index is 13.9. The van der Waals surface area contributed by atoms with Crippen molar-refractivity contribution in [2.45, 2.75) is 50.5 Å². The molecule has 0 aliphatic heterocycles. The van der Waals surface area contributed by atoms with Gasteiger partial charge in [0.2, 0.25) is 0 Å². The Hall–Kier alpha value is -0.673. The Morgan fingerprint density at radius 1 is 1.28 bits per heavy atom. The molecule has 3 heteroatoms. The van der Waals surface area contributed by atoms with E-state index in [2.05, 4.69) is 25.0 Å². The van der Waals surface area contributed by atoms with Crippen LogP contribution in [0.15, 0.2) is 24.3 Å². The van der Waals surface area contributed by atoms with Crippen molar-refractivity contribution in [3.8, 4) is 0 Å². The van der Waals surface area contributed by atoms with E-state index in [9.17, 15) is 4.39 Å². The van der Waals surface area contributed by atoms with E-state index < -0.39 is 8.07 Å². The van der Waals surface area contributed by atoms with E-state index in [1.54, 1.807) is 12.1 Å². The second-order valence-electron chi connectivity index (χ2n) is 6.67. The zero-order valence-corrected chi connectivity index (χ0v) is 12.7. The summed E-state index contributed by atoms with van der Waals surface area (Å²) in [6.45, 7) is 8.00. The molecule has 1 aliphatic rings. The van der Waals surface area contributed by atoms with Crippen LogP contribution in [0.1, 0.15) is 24.3 Å². The summed E-state index contributed by atoms with van der Waals surface area (Å²) in [5.74, 6) is 0.289. The van der Waals surface area contributed by atoms with Crippen molar-refractivity contribution in [2.75, 3.05) is 6.54 Å². The van der Waals surface area contributed by atoms with Crippen molar-refractivity contribution in [3.63, 3.8) is 0 Å². The molecule has 1 aromatic rings. The summed E-state index contributed by atoms with van der Waals surface area (Å²) in [6.07, 6.45) is 2.58. The summed E-state index contributed by atoms with van der Waals surface area (Å²) in [5.41, 5.74) is 0.896. The van der Waals surface area contributed by atoms with Gasteiger partial charge in [-0.1, -0.05) is 37.8 Å². The predicted octanol–water partition coefficient (Wildman–Crippen LogP) is 4.00. The molecule has 0 aromatic heterocycles. The quantitative estimate of drug-likeness (QED) is 0.767. The van der Waals surface area contributed by atoms with Crippen LogP contribution in [0.2, 0.25) is 25.7 Å². The zero-order valence-electron chi connectivity index (χ0n) is 11.7. The van der Waals surface area contributed by atoms with Crippen LogP contribution in [-0.2, 0) is 0 Å².